The zero-order valence-corrected chi connectivity index (χ0v) is 11.5. The van der Waals surface area contributed by atoms with Gasteiger partial charge in [-0.1, -0.05) is 25.1 Å². The maximum atomic E-state index is 5.76. The molecule has 1 unspecified atom stereocenters. The maximum absolute atomic E-state index is 5.76. The Bertz CT molecular complexity index is 434. The summed E-state index contributed by atoms with van der Waals surface area (Å²) in [6.07, 6.45) is 3.96. The first-order valence-corrected chi connectivity index (χ1v) is 6.49. The topological polar surface area (TPSA) is 55.9 Å². The van der Waals surface area contributed by atoms with Crippen molar-refractivity contribution in [3.8, 4) is 0 Å². The molecule has 0 aliphatic heterocycles. The number of hydrogen-bond donors (Lipinski definition) is 2. The summed E-state index contributed by atoms with van der Waals surface area (Å²) in [5.41, 5.74) is 7.53. The Morgan fingerprint density at radius 1 is 1.65 bits per heavy atom. The molecular formula is C12H20N4S. The van der Waals surface area contributed by atoms with Crippen LogP contribution in [-0.2, 0) is 7.05 Å². The van der Waals surface area contributed by atoms with E-state index in [2.05, 4.69) is 17.3 Å². The van der Waals surface area contributed by atoms with Gasteiger partial charge < -0.3 is 11.1 Å². The summed E-state index contributed by atoms with van der Waals surface area (Å²) in [5.74, 6) is 1.85. The lowest BCUT2D eigenvalue weighted by molar-refractivity contribution is 0.631. The maximum Gasteiger partial charge on any atom is 0.134 e. The van der Waals surface area contributed by atoms with Crippen LogP contribution in [0, 0.1) is 12.8 Å². The summed E-state index contributed by atoms with van der Waals surface area (Å²) in [4.78, 5) is 0.414. The Balaban J connectivity index is 2.15. The number of rotatable bonds is 5. The second kappa shape index (κ2) is 4.64. The van der Waals surface area contributed by atoms with Gasteiger partial charge in [-0.05, 0) is 26.2 Å². The van der Waals surface area contributed by atoms with Crippen molar-refractivity contribution in [2.24, 2.45) is 18.7 Å². The van der Waals surface area contributed by atoms with E-state index in [1.54, 1.807) is 0 Å². The first-order chi connectivity index (χ1) is 7.99. The molecule has 1 aliphatic rings. The minimum atomic E-state index is 0.414. The molecule has 0 radical (unpaired) electrons. The smallest absolute Gasteiger partial charge is 0.134 e. The molecule has 1 aromatic heterocycles. The number of nitrogens with zero attached hydrogens (tertiary/aromatic N) is 2. The van der Waals surface area contributed by atoms with Crippen LogP contribution in [0.3, 0.4) is 0 Å². The van der Waals surface area contributed by atoms with Crippen molar-refractivity contribution in [2.45, 2.75) is 39.2 Å². The van der Waals surface area contributed by atoms with E-state index in [1.165, 1.54) is 19.3 Å². The van der Waals surface area contributed by atoms with Crippen molar-refractivity contribution >= 4 is 23.0 Å². The Labute approximate surface area is 108 Å². The highest BCUT2D eigenvalue weighted by molar-refractivity contribution is 7.80. The quantitative estimate of drug-likeness (QED) is 0.787. The number of hydrogen-bond acceptors (Lipinski definition) is 3. The predicted octanol–water partition coefficient (Wildman–Crippen LogP) is 1.96. The summed E-state index contributed by atoms with van der Waals surface area (Å²) in [6.45, 7) is 4.13. The number of aryl methyl sites for hydroxylation is 2. The van der Waals surface area contributed by atoms with Crippen LogP contribution < -0.4 is 11.1 Å². The third-order valence-corrected chi connectivity index (χ3v) is 3.44. The molecule has 5 heteroatoms. The monoisotopic (exact) mass is 252 g/mol. The second-order valence-corrected chi connectivity index (χ2v) is 5.46. The summed E-state index contributed by atoms with van der Waals surface area (Å²) in [7, 11) is 1.92. The minimum Gasteiger partial charge on any atom is -0.389 e. The van der Waals surface area contributed by atoms with Gasteiger partial charge >= 0.3 is 0 Å². The molecule has 1 heterocycles. The molecule has 4 nitrogen and oxygen atoms in total. The van der Waals surface area contributed by atoms with Crippen molar-refractivity contribution in [1.29, 1.82) is 0 Å². The molecule has 1 fully saturated rings. The van der Waals surface area contributed by atoms with E-state index in [0.717, 1.165) is 23.0 Å². The lowest BCUT2D eigenvalue weighted by atomic mass is 10.1. The molecule has 3 N–H and O–H groups in total. The fourth-order valence-electron chi connectivity index (χ4n) is 2.26. The van der Waals surface area contributed by atoms with Crippen LogP contribution in [0.4, 0.5) is 5.82 Å². The third kappa shape index (κ3) is 2.77. The normalized spacial score (nSPS) is 16.9. The lowest BCUT2D eigenvalue weighted by Gasteiger charge is -2.16. The van der Waals surface area contributed by atoms with Crippen molar-refractivity contribution in [3.63, 3.8) is 0 Å². The van der Waals surface area contributed by atoms with Gasteiger partial charge in [-0.25, -0.2) is 0 Å². The first-order valence-electron chi connectivity index (χ1n) is 6.09. The molecule has 1 saturated carbocycles. The number of nitrogens with one attached hydrogen (secondary N) is 1. The van der Waals surface area contributed by atoms with Gasteiger partial charge in [-0.3, -0.25) is 4.68 Å². The summed E-state index contributed by atoms with van der Waals surface area (Å²) >= 11 is 5.09. The van der Waals surface area contributed by atoms with Gasteiger partial charge in [0.1, 0.15) is 10.8 Å². The molecule has 1 atom stereocenters. The van der Waals surface area contributed by atoms with Crippen LogP contribution in [0.5, 0.6) is 0 Å². The molecule has 0 bridgehead atoms. The SMILES string of the molecule is Cc1nn(C)c(NC(C)CC2CC2)c1C(N)=S. The average molecular weight is 252 g/mol. The molecular weight excluding hydrogens is 232 g/mol. The van der Waals surface area contributed by atoms with Crippen LogP contribution >= 0.6 is 12.2 Å². The van der Waals surface area contributed by atoms with Crippen molar-refractivity contribution in [3.05, 3.63) is 11.3 Å². The van der Waals surface area contributed by atoms with E-state index in [0.29, 0.717) is 11.0 Å². The van der Waals surface area contributed by atoms with E-state index >= 15 is 0 Å². The van der Waals surface area contributed by atoms with Crippen molar-refractivity contribution in [2.75, 3.05) is 5.32 Å². The molecule has 1 aromatic rings. The highest BCUT2D eigenvalue weighted by atomic mass is 32.1. The van der Waals surface area contributed by atoms with Gasteiger partial charge in [-0.2, -0.15) is 5.10 Å². The van der Waals surface area contributed by atoms with Gasteiger partial charge in [0.25, 0.3) is 0 Å². The predicted molar refractivity (Wildman–Crippen MR) is 74.3 cm³/mol. The average Bonchev–Trinajstić information content (AvgIpc) is 2.94. The molecule has 0 saturated heterocycles. The fourth-order valence-corrected chi connectivity index (χ4v) is 2.51. The van der Waals surface area contributed by atoms with Gasteiger partial charge in [0, 0.05) is 13.1 Å². The van der Waals surface area contributed by atoms with Crippen LogP contribution in [0.2, 0.25) is 0 Å². The van der Waals surface area contributed by atoms with Gasteiger partial charge in [0.05, 0.1) is 11.3 Å². The second-order valence-electron chi connectivity index (χ2n) is 5.02. The highest BCUT2D eigenvalue weighted by Crippen LogP contribution is 2.34. The van der Waals surface area contributed by atoms with Crippen molar-refractivity contribution < 1.29 is 0 Å². The molecule has 0 spiro atoms. The number of thiocarbonyl (C=S) groups is 1. The van der Waals surface area contributed by atoms with Crippen LogP contribution in [-0.4, -0.2) is 20.8 Å². The number of anilines is 1. The third-order valence-electron chi connectivity index (χ3n) is 3.24. The Kier molecular flexibility index (Phi) is 3.38. The van der Waals surface area contributed by atoms with Crippen LogP contribution in [0.1, 0.15) is 37.4 Å². The zero-order chi connectivity index (χ0) is 12.6. The van der Waals surface area contributed by atoms with Crippen LogP contribution in [0.15, 0.2) is 0 Å². The molecule has 2 rings (SSSR count). The Morgan fingerprint density at radius 2 is 2.29 bits per heavy atom. The standard InChI is InChI=1S/C12H20N4S/c1-7(6-9-4-5-9)14-12-10(11(13)17)8(2)15-16(12)3/h7,9,14H,4-6H2,1-3H3,(H2,13,17). The zero-order valence-electron chi connectivity index (χ0n) is 10.7. The number of aromatic nitrogens is 2. The van der Waals surface area contributed by atoms with Crippen LogP contribution in [0.25, 0.3) is 0 Å². The lowest BCUT2D eigenvalue weighted by Crippen LogP contribution is -2.21. The van der Waals surface area contributed by atoms with E-state index in [-0.39, 0.29) is 0 Å². The van der Waals surface area contributed by atoms with Gasteiger partial charge in [0.2, 0.25) is 0 Å². The largest absolute Gasteiger partial charge is 0.389 e. The summed E-state index contributed by atoms with van der Waals surface area (Å²) in [5, 5.41) is 7.85. The first kappa shape index (κ1) is 12.4. The summed E-state index contributed by atoms with van der Waals surface area (Å²) in [6, 6.07) is 0.436. The van der Waals surface area contributed by atoms with Gasteiger partial charge in [-0.15, -0.1) is 0 Å². The molecule has 17 heavy (non-hydrogen) atoms. The highest BCUT2D eigenvalue weighted by Gasteiger charge is 2.25. The van der Waals surface area contributed by atoms with E-state index in [9.17, 15) is 0 Å². The van der Waals surface area contributed by atoms with Gasteiger partial charge in [0.15, 0.2) is 0 Å². The Hall–Kier alpha value is -1.10. The Morgan fingerprint density at radius 3 is 2.82 bits per heavy atom. The molecule has 0 aromatic carbocycles. The minimum absolute atomic E-state index is 0.414. The van der Waals surface area contributed by atoms with Crippen molar-refractivity contribution in [1.82, 2.24) is 9.78 Å². The number of nitrogens with two attached hydrogens (primary N) is 1. The van der Waals surface area contributed by atoms with E-state index in [4.69, 9.17) is 18.0 Å². The van der Waals surface area contributed by atoms with E-state index in [1.807, 2.05) is 18.7 Å². The fraction of sp³-hybridized carbons (Fsp3) is 0.667. The summed E-state index contributed by atoms with van der Waals surface area (Å²) < 4.78 is 1.83. The molecule has 1 aliphatic carbocycles. The molecule has 0 amide bonds. The molecule has 94 valence electrons. The van der Waals surface area contributed by atoms with E-state index < -0.39 is 0 Å².